The summed E-state index contributed by atoms with van der Waals surface area (Å²) in [6.45, 7) is 3.78. The van der Waals surface area contributed by atoms with Crippen LogP contribution < -0.4 is 4.74 Å². The van der Waals surface area contributed by atoms with E-state index in [0.717, 1.165) is 17.0 Å². The molecular weight excluding hydrogens is 374 g/mol. The van der Waals surface area contributed by atoms with Crippen LogP contribution in [0.25, 0.3) is 5.69 Å². The van der Waals surface area contributed by atoms with Crippen molar-refractivity contribution in [3.8, 4) is 11.4 Å². The number of hydrogen-bond acceptors (Lipinski definition) is 5. The van der Waals surface area contributed by atoms with Crippen molar-refractivity contribution in [3.63, 3.8) is 0 Å². The van der Waals surface area contributed by atoms with Gasteiger partial charge < -0.3 is 14.4 Å². The van der Waals surface area contributed by atoms with Gasteiger partial charge in [0.1, 0.15) is 5.75 Å². The SMILES string of the molecule is COc1ccc([N+](=O)[O-])cc1-n1c(C)cc(C=Nc2ccc(C(=O)O)cc2)c1C. The third-order valence-corrected chi connectivity index (χ3v) is 4.55. The third kappa shape index (κ3) is 4.01. The van der Waals surface area contributed by atoms with Crippen LogP contribution in [0.1, 0.15) is 27.3 Å². The molecule has 3 rings (SSSR count). The first-order chi connectivity index (χ1) is 13.8. The van der Waals surface area contributed by atoms with E-state index < -0.39 is 10.9 Å². The largest absolute Gasteiger partial charge is 0.495 e. The van der Waals surface area contributed by atoms with E-state index in [1.54, 1.807) is 24.4 Å². The molecular formula is C21H19N3O5. The second-order valence-corrected chi connectivity index (χ2v) is 6.39. The number of hydrogen-bond donors (Lipinski definition) is 1. The van der Waals surface area contributed by atoms with Crippen LogP contribution in [0.2, 0.25) is 0 Å². The first-order valence-electron chi connectivity index (χ1n) is 8.71. The van der Waals surface area contributed by atoms with Crippen molar-refractivity contribution in [2.24, 2.45) is 4.99 Å². The molecule has 8 heteroatoms. The zero-order chi connectivity index (χ0) is 21.1. The first kappa shape index (κ1) is 19.8. The van der Waals surface area contributed by atoms with Crippen LogP contribution in [0.5, 0.6) is 5.75 Å². The molecule has 1 aromatic heterocycles. The summed E-state index contributed by atoms with van der Waals surface area (Å²) < 4.78 is 7.26. The highest BCUT2D eigenvalue weighted by atomic mass is 16.6. The van der Waals surface area contributed by atoms with Gasteiger partial charge in [-0.15, -0.1) is 0 Å². The number of aliphatic imine (C=N–C) groups is 1. The van der Waals surface area contributed by atoms with E-state index in [1.165, 1.54) is 31.4 Å². The van der Waals surface area contributed by atoms with E-state index in [1.807, 2.05) is 24.5 Å². The molecule has 0 amide bonds. The maximum Gasteiger partial charge on any atom is 0.335 e. The Kier molecular flexibility index (Phi) is 5.45. The summed E-state index contributed by atoms with van der Waals surface area (Å²) in [6, 6.07) is 12.6. The molecule has 0 spiro atoms. The number of carbonyl (C=O) groups is 1. The van der Waals surface area contributed by atoms with E-state index in [-0.39, 0.29) is 11.3 Å². The van der Waals surface area contributed by atoms with Crippen LogP contribution >= 0.6 is 0 Å². The summed E-state index contributed by atoms with van der Waals surface area (Å²) in [5, 5.41) is 20.1. The summed E-state index contributed by atoms with van der Waals surface area (Å²) in [6.07, 6.45) is 1.68. The Morgan fingerprint density at radius 3 is 2.45 bits per heavy atom. The fraction of sp³-hybridized carbons (Fsp3) is 0.143. The predicted molar refractivity (Wildman–Crippen MR) is 109 cm³/mol. The zero-order valence-corrected chi connectivity index (χ0v) is 16.1. The van der Waals surface area contributed by atoms with Gasteiger partial charge in [0.15, 0.2) is 0 Å². The van der Waals surface area contributed by atoms with Gasteiger partial charge in [0.2, 0.25) is 0 Å². The summed E-state index contributed by atoms with van der Waals surface area (Å²) in [5.41, 5.74) is 3.89. The van der Waals surface area contributed by atoms with Gasteiger partial charge in [-0.25, -0.2) is 4.79 Å². The van der Waals surface area contributed by atoms with Gasteiger partial charge in [-0.05, 0) is 50.2 Å². The van der Waals surface area contributed by atoms with Crippen molar-refractivity contribution < 1.29 is 19.6 Å². The molecule has 29 heavy (non-hydrogen) atoms. The molecule has 0 bridgehead atoms. The molecule has 148 valence electrons. The smallest absolute Gasteiger partial charge is 0.335 e. The molecule has 1 heterocycles. The van der Waals surface area contributed by atoms with Crippen LogP contribution in [0.3, 0.4) is 0 Å². The van der Waals surface area contributed by atoms with Crippen LogP contribution in [0, 0.1) is 24.0 Å². The van der Waals surface area contributed by atoms with Gasteiger partial charge in [-0.1, -0.05) is 0 Å². The number of nitro groups is 1. The molecule has 8 nitrogen and oxygen atoms in total. The minimum atomic E-state index is -0.991. The lowest BCUT2D eigenvalue weighted by atomic mass is 10.2. The van der Waals surface area contributed by atoms with Crippen LogP contribution in [0.15, 0.2) is 53.5 Å². The number of ether oxygens (including phenoxy) is 1. The Bertz CT molecular complexity index is 1110. The van der Waals surface area contributed by atoms with Crippen molar-refractivity contribution in [1.82, 2.24) is 4.57 Å². The van der Waals surface area contributed by atoms with E-state index in [9.17, 15) is 14.9 Å². The number of methoxy groups -OCH3 is 1. The van der Waals surface area contributed by atoms with Crippen molar-refractivity contribution in [1.29, 1.82) is 0 Å². The van der Waals surface area contributed by atoms with Gasteiger partial charge in [-0.2, -0.15) is 0 Å². The van der Waals surface area contributed by atoms with E-state index >= 15 is 0 Å². The Hall–Kier alpha value is -3.94. The average molecular weight is 393 g/mol. The van der Waals surface area contributed by atoms with Crippen molar-refractivity contribution >= 4 is 23.6 Å². The predicted octanol–water partition coefficient (Wildman–Crippen LogP) is 4.46. The minimum Gasteiger partial charge on any atom is -0.495 e. The Labute approximate surface area is 166 Å². The monoisotopic (exact) mass is 393 g/mol. The first-order valence-corrected chi connectivity index (χ1v) is 8.71. The highest BCUT2D eigenvalue weighted by molar-refractivity contribution is 5.88. The summed E-state index contributed by atoms with van der Waals surface area (Å²) >= 11 is 0. The number of carboxylic acid groups (broad SMARTS) is 1. The lowest BCUT2D eigenvalue weighted by Gasteiger charge is -2.13. The maximum atomic E-state index is 11.2. The molecule has 0 aliphatic heterocycles. The van der Waals surface area contributed by atoms with Crippen LogP contribution in [0.4, 0.5) is 11.4 Å². The highest BCUT2D eigenvalue weighted by Crippen LogP contribution is 2.31. The maximum absolute atomic E-state index is 11.2. The Morgan fingerprint density at radius 2 is 1.86 bits per heavy atom. The fourth-order valence-electron chi connectivity index (χ4n) is 3.09. The molecule has 0 atom stereocenters. The summed E-state index contributed by atoms with van der Waals surface area (Å²) in [5.74, 6) is -0.472. The lowest BCUT2D eigenvalue weighted by Crippen LogP contribution is -2.03. The van der Waals surface area contributed by atoms with Crippen molar-refractivity contribution in [3.05, 3.63) is 81.2 Å². The van der Waals surface area contributed by atoms with Gasteiger partial charge in [-0.3, -0.25) is 15.1 Å². The normalized spacial score (nSPS) is 11.0. The molecule has 1 N–H and O–H groups in total. The molecule has 0 fully saturated rings. The number of benzene rings is 2. The van der Waals surface area contributed by atoms with Crippen LogP contribution in [-0.2, 0) is 0 Å². The molecule has 0 aliphatic rings. The summed E-state index contributed by atoms with van der Waals surface area (Å²) in [7, 11) is 1.52. The van der Waals surface area contributed by atoms with Gasteiger partial charge in [0, 0.05) is 35.3 Å². The van der Waals surface area contributed by atoms with Gasteiger partial charge >= 0.3 is 5.97 Å². The number of nitro benzene ring substituents is 1. The number of rotatable bonds is 6. The molecule has 0 unspecified atom stereocenters. The van der Waals surface area contributed by atoms with Crippen LogP contribution in [-0.4, -0.2) is 33.9 Å². The van der Waals surface area contributed by atoms with Crippen molar-refractivity contribution in [2.75, 3.05) is 7.11 Å². The molecule has 0 aliphatic carbocycles. The molecule has 0 saturated heterocycles. The quantitative estimate of drug-likeness (QED) is 0.378. The number of non-ortho nitro benzene ring substituents is 1. The Balaban J connectivity index is 2.00. The number of aromatic nitrogens is 1. The fourth-order valence-corrected chi connectivity index (χ4v) is 3.09. The van der Waals surface area contributed by atoms with Gasteiger partial charge in [0.05, 0.1) is 29.0 Å². The number of carboxylic acids is 1. The summed E-state index contributed by atoms with van der Waals surface area (Å²) in [4.78, 5) is 26.1. The second kappa shape index (κ2) is 7.97. The minimum absolute atomic E-state index is 0.0259. The van der Waals surface area contributed by atoms with E-state index in [2.05, 4.69) is 4.99 Å². The van der Waals surface area contributed by atoms with Gasteiger partial charge in [0.25, 0.3) is 5.69 Å². The third-order valence-electron chi connectivity index (χ3n) is 4.55. The Morgan fingerprint density at radius 1 is 1.17 bits per heavy atom. The average Bonchev–Trinajstić information content (AvgIpc) is 2.99. The lowest BCUT2D eigenvalue weighted by molar-refractivity contribution is -0.384. The van der Waals surface area contributed by atoms with E-state index in [4.69, 9.17) is 9.84 Å². The number of aromatic carboxylic acids is 1. The topological polar surface area (TPSA) is 107 Å². The zero-order valence-electron chi connectivity index (χ0n) is 16.1. The molecule has 0 saturated carbocycles. The number of aryl methyl sites for hydroxylation is 1. The second-order valence-electron chi connectivity index (χ2n) is 6.39. The molecule has 2 aromatic carbocycles. The van der Waals surface area contributed by atoms with E-state index in [0.29, 0.717) is 17.1 Å². The molecule has 0 radical (unpaired) electrons. The van der Waals surface area contributed by atoms with Crippen molar-refractivity contribution in [2.45, 2.75) is 13.8 Å². The molecule has 3 aromatic rings. The number of nitrogens with zero attached hydrogens (tertiary/aromatic N) is 3. The standard InChI is InChI=1S/C21H19N3O5/c1-13-10-16(12-22-17-6-4-15(5-7-17)21(25)26)14(2)23(13)19-11-18(24(27)28)8-9-20(19)29-3/h4-12H,1-3H3,(H,25,26). The highest BCUT2D eigenvalue weighted by Gasteiger charge is 2.17.